The third kappa shape index (κ3) is 5.53. The van der Waals surface area contributed by atoms with E-state index in [0.29, 0.717) is 10.8 Å². The summed E-state index contributed by atoms with van der Waals surface area (Å²) in [6.45, 7) is 13.4. The molecule has 1 N–H and O–H groups in total. The normalized spacial score (nSPS) is 21.6. The van der Waals surface area contributed by atoms with E-state index < -0.39 is 0 Å². The summed E-state index contributed by atoms with van der Waals surface area (Å²) in [6.07, 6.45) is 3.66. The van der Waals surface area contributed by atoms with Crippen molar-refractivity contribution in [1.82, 2.24) is 5.32 Å². The Morgan fingerprint density at radius 2 is 1.80 bits per heavy atom. The molecular weight excluding hydrogens is 186 g/mol. The van der Waals surface area contributed by atoms with Crippen LogP contribution in [0.15, 0.2) is 0 Å². The summed E-state index contributed by atoms with van der Waals surface area (Å²) in [5, 5.41) is 3.60. The first-order valence-corrected chi connectivity index (χ1v) is 6.20. The third-order valence-corrected chi connectivity index (χ3v) is 3.30. The highest BCUT2D eigenvalue weighted by Gasteiger charge is 2.26. The van der Waals surface area contributed by atoms with E-state index in [1.54, 1.807) is 0 Å². The number of ether oxygens (including phenoxy) is 1. The summed E-state index contributed by atoms with van der Waals surface area (Å²) in [6, 6.07) is 0. The molecule has 2 heteroatoms. The summed E-state index contributed by atoms with van der Waals surface area (Å²) < 4.78 is 5.40. The van der Waals surface area contributed by atoms with Gasteiger partial charge in [0.25, 0.3) is 0 Å². The van der Waals surface area contributed by atoms with Gasteiger partial charge in [-0.2, -0.15) is 0 Å². The lowest BCUT2D eigenvalue weighted by Gasteiger charge is -2.34. The Kier molecular flexibility index (Phi) is 4.60. The zero-order valence-corrected chi connectivity index (χ0v) is 10.9. The van der Waals surface area contributed by atoms with Gasteiger partial charge in [-0.15, -0.1) is 0 Å². The number of nitrogens with one attached hydrogen (secondary N) is 1. The molecule has 0 unspecified atom stereocenters. The SMILES string of the molecule is CC(C)(C)CCNCC1(C)CCOCC1. The minimum Gasteiger partial charge on any atom is -0.381 e. The zero-order chi connectivity index (χ0) is 11.4. The largest absolute Gasteiger partial charge is 0.381 e. The van der Waals surface area contributed by atoms with E-state index in [0.717, 1.165) is 26.3 Å². The van der Waals surface area contributed by atoms with Crippen molar-refractivity contribution >= 4 is 0 Å². The van der Waals surface area contributed by atoms with E-state index in [2.05, 4.69) is 33.0 Å². The van der Waals surface area contributed by atoms with Crippen LogP contribution in [0.25, 0.3) is 0 Å². The maximum atomic E-state index is 5.40. The Balaban J connectivity index is 2.13. The van der Waals surface area contributed by atoms with Gasteiger partial charge in [0.05, 0.1) is 0 Å². The third-order valence-electron chi connectivity index (χ3n) is 3.30. The lowest BCUT2D eigenvalue weighted by molar-refractivity contribution is 0.0239. The van der Waals surface area contributed by atoms with Gasteiger partial charge in [-0.1, -0.05) is 27.7 Å². The van der Waals surface area contributed by atoms with Crippen LogP contribution in [0.2, 0.25) is 0 Å². The van der Waals surface area contributed by atoms with Crippen LogP contribution in [0.1, 0.15) is 47.0 Å². The van der Waals surface area contributed by atoms with Crippen molar-refractivity contribution < 1.29 is 4.74 Å². The Labute approximate surface area is 94.8 Å². The fourth-order valence-corrected chi connectivity index (χ4v) is 1.89. The van der Waals surface area contributed by atoms with Crippen LogP contribution in [0.5, 0.6) is 0 Å². The maximum Gasteiger partial charge on any atom is 0.0471 e. The van der Waals surface area contributed by atoms with Gasteiger partial charge in [0, 0.05) is 19.8 Å². The van der Waals surface area contributed by atoms with Crippen LogP contribution < -0.4 is 5.32 Å². The molecule has 2 nitrogen and oxygen atoms in total. The first kappa shape index (κ1) is 13.0. The van der Waals surface area contributed by atoms with Crippen molar-refractivity contribution in [2.75, 3.05) is 26.3 Å². The predicted molar refractivity (Wildman–Crippen MR) is 65.1 cm³/mol. The highest BCUT2D eigenvalue weighted by Crippen LogP contribution is 2.28. The highest BCUT2D eigenvalue weighted by atomic mass is 16.5. The van der Waals surface area contributed by atoms with Gasteiger partial charge in [0.15, 0.2) is 0 Å². The molecule has 0 amide bonds. The maximum absolute atomic E-state index is 5.40. The van der Waals surface area contributed by atoms with E-state index in [9.17, 15) is 0 Å². The van der Waals surface area contributed by atoms with Crippen molar-refractivity contribution in [3.63, 3.8) is 0 Å². The summed E-state index contributed by atoms with van der Waals surface area (Å²) in [5.74, 6) is 0. The fraction of sp³-hybridized carbons (Fsp3) is 1.00. The minimum absolute atomic E-state index is 0.448. The minimum atomic E-state index is 0.448. The monoisotopic (exact) mass is 213 g/mol. The molecule has 0 aliphatic carbocycles. The molecule has 0 bridgehead atoms. The van der Waals surface area contributed by atoms with Gasteiger partial charge >= 0.3 is 0 Å². The number of hydrogen-bond acceptors (Lipinski definition) is 2. The molecule has 1 rings (SSSR count). The lowest BCUT2D eigenvalue weighted by atomic mass is 9.82. The van der Waals surface area contributed by atoms with Gasteiger partial charge in [-0.25, -0.2) is 0 Å². The first-order valence-electron chi connectivity index (χ1n) is 6.20. The van der Waals surface area contributed by atoms with Crippen LogP contribution >= 0.6 is 0 Å². The summed E-state index contributed by atoms with van der Waals surface area (Å²) in [7, 11) is 0. The molecule has 1 saturated heterocycles. The predicted octanol–water partition coefficient (Wildman–Crippen LogP) is 2.83. The smallest absolute Gasteiger partial charge is 0.0471 e. The van der Waals surface area contributed by atoms with Crippen molar-refractivity contribution in [3.8, 4) is 0 Å². The molecule has 0 atom stereocenters. The molecule has 1 heterocycles. The molecule has 1 aliphatic heterocycles. The second kappa shape index (κ2) is 5.31. The standard InChI is InChI=1S/C13H27NO/c1-12(2,3)5-8-14-11-13(4)6-9-15-10-7-13/h14H,5-11H2,1-4H3. The first-order chi connectivity index (χ1) is 6.91. The average molecular weight is 213 g/mol. The summed E-state index contributed by atoms with van der Waals surface area (Å²) in [4.78, 5) is 0. The molecule has 90 valence electrons. The van der Waals surface area contributed by atoms with E-state index in [4.69, 9.17) is 4.74 Å². The van der Waals surface area contributed by atoms with Gasteiger partial charge in [-0.3, -0.25) is 0 Å². The second-order valence-electron chi connectivity index (χ2n) is 6.41. The molecule has 0 saturated carbocycles. The molecule has 0 aromatic heterocycles. The Hall–Kier alpha value is -0.0800. The van der Waals surface area contributed by atoms with Gasteiger partial charge < -0.3 is 10.1 Å². The number of hydrogen-bond donors (Lipinski definition) is 1. The van der Waals surface area contributed by atoms with Crippen LogP contribution in [0, 0.1) is 10.8 Å². The Bertz CT molecular complexity index is 177. The van der Waals surface area contributed by atoms with Crippen molar-refractivity contribution in [1.29, 1.82) is 0 Å². The van der Waals surface area contributed by atoms with Crippen molar-refractivity contribution in [3.05, 3.63) is 0 Å². The lowest BCUT2D eigenvalue weighted by Crippen LogP contribution is -2.37. The molecule has 0 aromatic rings. The molecule has 1 fully saturated rings. The topological polar surface area (TPSA) is 21.3 Å². The van der Waals surface area contributed by atoms with E-state index in [1.165, 1.54) is 19.3 Å². The molecule has 0 radical (unpaired) electrons. The van der Waals surface area contributed by atoms with Gasteiger partial charge in [0.1, 0.15) is 0 Å². The van der Waals surface area contributed by atoms with Crippen LogP contribution in [0.3, 0.4) is 0 Å². The molecule has 0 aromatic carbocycles. The fourth-order valence-electron chi connectivity index (χ4n) is 1.89. The van der Waals surface area contributed by atoms with E-state index in [1.807, 2.05) is 0 Å². The highest BCUT2D eigenvalue weighted by molar-refractivity contribution is 4.79. The van der Waals surface area contributed by atoms with Gasteiger partial charge in [-0.05, 0) is 36.6 Å². The Morgan fingerprint density at radius 1 is 1.20 bits per heavy atom. The molecule has 15 heavy (non-hydrogen) atoms. The zero-order valence-electron chi connectivity index (χ0n) is 10.9. The van der Waals surface area contributed by atoms with Gasteiger partial charge in [0.2, 0.25) is 0 Å². The second-order valence-corrected chi connectivity index (χ2v) is 6.41. The van der Waals surface area contributed by atoms with Crippen LogP contribution in [-0.4, -0.2) is 26.3 Å². The average Bonchev–Trinajstić information content (AvgIpc) is 2.12. The van der Waals surface area contributed by atoms with Crippen molar-refractivity contribution in [2.45, 2.75) is 47.0 Å². The van der Waals surface area contributed by atoms with Crippen LogP contribution in [-0.2, 0) is 4.74 Å². The molecular formula is C13H27NO. The summed E-state index contributed by atoms with van der Waals surface area (Å²) >= 11 is 0. The summed E-state index contributed by atoms with van der Waals surface area (Å²) in [5.41, 5.74) is 0.916. The van der Waals surface area contributed by atoms with E-state index in [-0.39, 0.29) is 0 Å². The van der Waals surface area contributed by atoms with Crippen molar-refractivity contribution in [2.24, 2.45) is 10.8 Å². The molecule has 0 spiro atoms. The number of rotatable bonds is 4. The Morgan fingerprint density at radius 3 is 2.33 bits per heavy atom. The molecule has 1 aliphatic rings. The van der Waals surface area contributed by atoms with Crippen LogP contribution in [0.4, 0.5) is 0 Å². The quantitative estimate of drug-likeness (QED) is 0.725. The van der Waals surface area contributed by atoms with E-state index >= 15 is 0 Å².